The third-order valence-corrected chi connectivity index (χ3v) is 7.97. The van der Waals surface area contributed by atoms with Gasteiger partial charge >= 0.3 is 0 Å². The molecular weight excluding hydrogens is 398 g/mol. The fourth-order valence-electron chi connectivity index (χ4n) is 4.47. The van der Waals surface area contributed by atoms with E-state index >= 15 is 0 Å². The van der Waals surface area contributed by atoms with Gasteiger partial charge in [0.15, 0.2) is 0 Å². The van der Waals surface area contributed by atoms with Crippen LogP contribution in [-0.4, -0.2) is 50.9 Å². The summed E-state index contributed by atoms with van der Waals surface area (Å²) in [5.74, 6) is 0.0745. The minimum atomic E-state index is -3.57. The summed E-state index contributed by atoms with van der Waals surface area (Å²) < 4.78 is 28.2. The Kier molecular flexibility index (Phi) is 5.59. The molecule has 1 saturated heterocycles. The minimum absolute atomic E-state index is 0.0745. The number of hydrogen-bond donors (Lipinski definition) is 0. The van der Waals surface area contributed by atoms with Crippen LogP contribution in [0.4, 0.5) is 11.4 Å². The normalized spacial score (nSPS) is 19.8. The van der Waals surface area contributed by atoms with Crippen molar-refractivity contribution in [3.63, 3.8) is 0 Å². The van der Waals surface area contributed by atoms with E-state index in [1.54, 1.807) is 27.4 Å². The van der Waals surface area contributed by atoms with E-state index in [9.17, 15) is 13.2 Å². The van der Waals surface area contributed by atoms with Crippen LogP contribution in [0.2, 0.25) is 0 Å². The van der Waals surface area contributed by atoms with Gasteiger partial charge in [-0.25, -0.2) is 8.42 Å². The highest BCUT2D eigenvalue weighted by molar-refractivity contribution is 7.89. The molecule has 1 fully saturated rings. The number of fused-ring (bicyclic) bond motifs is 1. The summed E-state index contributed by atoms with van der Waals surface area (Å²) in [4.78, 5) is 16.5. The molecule has 1 unspecified atom stereocenters. The van der Waals surface area contributed by atoms with Gasteiger partial charge in [0.05, 0.1) is 4.90 Å². The molecule has 0 N–H and O–H groups in total. The molecule has 0 spiro atoms. The first kappa shape index (κ1) is 20.9. The number of piperazine rings is 1. The van der Waals surface area contributed by atoms with Crippen molar-refractivity contribution in [3.8, 4) is 0 Å². The van der Waals surface area contributed by atoms with Crippen LogP contribution >= 0.6 is 0 Å². The molecule has 1 amide bonds. The molecule has 0 aliphatic carbocycles. The van der Waals surface area contributed by atoms with Gasteiger partial charge in [-0.3, -0.25) is 4.79 Å². The molecule has 4 rings (SSSR count). The molecular formula is C23H29N3O3S. The van der Waals surface area contributed by atoms with E-state index in [0.29, 0.717) is 43.9 Å². The van der Waals surface area contributed by atoms with E-state index in [-0.39, 0.29) is 11.9 Å². The summed E-state index contributed by atoms with van der Waals surface area (Å²) in [6.07, 6.45) is 1.14. The zero-order chi connectivity index (χ0) is 21.5. The van der Waals surface area contributed by atoms with Crippen LogP contribution in [0, 0.1) is 6.92 Å². The van der Waals surface area contributed by atoms with Crippen LogP contribution < -0.4 is 9.80 Å². The third-order valence-electron chi connectivity index (χ3n) is 6.11. The van der Waals surface area contributed by atoms with Crippen LogP contribution in [-0.2, 0) is 21.2 Å². The smallest absolute Gasteiger partial charge is 0.243 e. The van der Waals surface area contributed by atoms with Crippen molar-refractivity contribution < 1.29 is 13.2 Å². The van der Waals surface area contributed by atoms with E-state index < -0.39 is 10.0 Å². The van der Waals surface area contributed by atoms with Gasteiger partial charge in [0.1, 0.15) is 0 Å². The molecule has 0 aromatic heterocycles. The summed E-state index contributed by atoms with van der Waals surface area (Å²) >= 11 is 0. The summed E-state index contributed by atoms with van der Waals surface area (Å²) in [6.45, 7) is 8.17. The number of rotatable bonds is 4. The first-order chi connectivity index (χ1) is 14.3. The van der Waals surface area contributed by atoms with Crippen molar-refractivity contribution >= 4 is 27.3 Å². The molecule has 0 bridgehead atoms. The number of hydrogen-bond acceptors (Lipinski definition) is 4. The Labute approximate surface area is 179 Å². The van der Waals surface area contributed by atoms with Gasteiger partial charge in [0, 0.05) is 50.0 Å². The van der Waals surface area contributed by atoms with Gasteiger partial charge in [0.25, 0.3) is 0 Å². The van der Waals surface area contributed by atoms with E-state index in [4.69, 9.17) is 0 Å². The maximum atomic E-state index is 13.3. The van der Waals surface area contributed by atoms with Crippen LogP contribution in [0.15, 0.2) is 47.4 Å². The number of benzene rings is 2. The first-order valence-electron chi connectivity index (χ1n) is 10.6. The zero-order valence-electron chi connectivity index (χ0n) is 17.8. The Hall–Kier alpha value is -2.38. The zero-order valence-corrected chi connectivity index (χ0v) is 18.7. The molecule has 7 heteroatoms. The number of sulfonamides is 1. The number of nitrogens with zero attached hydrogens (tertiary/aromatic N) is 3. The second kappa shape index (κ2) is 8.04. The summed E-state index contributed by atoms with van der Waals surface area (Å²) in [7, 11) is -3.57. The van der Waals surface area contributed by atoms with Crippen LogP contribution in [0.5, 0.6) is 0 Å². The van der Waals surface area contributed by atoms with Crippen molar-refractivity contribution in [2.45, 2.75) is 44.6 Å². The molecule has 160 valence electrons. The number of aryl methyl sites for hydroxylation is 1. The molecule has 2 aliphatic heterocycles. The Morgan fingerprint density at radius 1 is 1.10 bits per heavy atom. The van der Waals surface area contributed by atoms with Gasteiger partial charge < -0.3 is 9.80 Å². The largest absolute Gasteiger partial charge is 0.366 e. The summed E-state index contributed by atoms with van der Waals surface area (Å²) in [5, 5.41) is 0. The average molecular weight is 428 g/mol. The Balaban J connectivity index is 1.53. The van der Waals surface area contributed by atoms with Crippen LogP contribution in [0.25, 0.3) is 0 Å². The van der Waals surface area contributed by atoms with Crippen molar-refractivity contribution in [1.82, 2.24) is 4.31 Å². The van der Waals surface area contributed by atoms with E-state index in [2.05, 4.69) is 36.9 Å². The van der Waals surface area contributed by atoms with Crippen molar-refractivity contribution in [3.05, 3.63) is 53.6 Å². The average Bonchev–Trinajstić information content (AvgIpc) is 3.16. The maximum absolute atomic E-state index is 13.3. The van der Waals surface area contributed by atoms with Gasteiger partial charge in [-0.1, -0.05) is 19.1 Å². The van der Waals surface area contributed by atoms with Crippen molar-refractivity contribution in [2.75, 3.05) is 36.0 Å². The predicted molar refractivity (Wildman–Crippen MR) is 120 cm³/mol. The molecule has 0 radical (unpaired) electrons. The highest BCUT2D eigenvalue weighted by Crippen LogP contribution is 2.32. The van der Waals surface area contributed by atoms with Crippen LogP contribution in [0.3, 0.4) is 0 Å². The number of carbonyl (C=O) groups excluding carboxylic acids is 1. The molecule has 0 saturated carbocycles. The SMILES string of the molecule is CCC(=O)N1CCc2cc(S(=O)(=O)N3CCN(c4cccc(C)c4)C(C)C3)ccc21. The highest BCUT2D eigenvalue weighted by Gasteiger charge is 2.33. The predicted octanol–water partition coefficient (Wildman–Crippen LogP) is 3.19. The lowest BCUT2D eigenvalue weighted by Crippen LogP contribution is -2.53. The molecule has 2 aromatic carbocycles. The second-order valence-corrected chi connectivity index (χ2v) is 10.1. The first-order valence-corrected chi connectivity index (χ1v) is 12.0. The van der Waals surface area contributed by atoms with Crippen LogP contribution in [0.1, 0.15) is 31.4 Å². The van der Waals surface area contributed by atoms with Gasteiger partial charge in [-0.15, -0.1) is 0 Å². The lowest BCUT2D eigenvalue weighted by molar-refractivity contribution is -0.118. The summed E-state index contributed by atoms with van der Waals surface area (Å²) in [5.41, 5.74) is 4.11. The maximum Gasteiger partial charge on any atom is 0.243 e. The van der Waals surface area contributed by atoms with E-state index in [0.717, 1.165) is 16.9 Å². The van der Waals surface area contributed by atoms with Gasteiger partial charge in [-0.05, 0) is 61.7 Å². The van der Waals surface area contributed by atoms with Gasteiger partial charge in [0.2, 0.25) is 15.9 Å². The fourth-order valence-corrected chi connectivity index (χ4v) is 6.03. The number of carbonyl (C=O) groups is 1. The third kappa shape index (κ3) is 3.72. The second-order valence-electron chi connectivity index (χ2n) is 8.18. The highest BCUT2D eigenvalue weighted by atomic mass is 32.2. The molecule has 2 heterocycles. The standard InChI is InChI=1S/C23H29N3O3S/c1-4-23(27)26-11-10-19-15-21(8-9-22(19)26)30(28,29)24-12-13-25(18(3)16-24)20-7-5-6-17(2)14-20/h5-9,14-15,18H,4,10-13,16H2,1-3H3. The molecule has 1 atom stereocenters. The lowest BCUT2D eigenvalue weighted by atomic mass is 10.1. The van der Waals surface area contributed by atoms with Crippen molar-refractivity contribution in [2.24, 2.45) is 0 Å². The fraction of sp³-hybridized carbons (Fsp3) is 0.435. The molecule has 30 heavy (non-hydrogen) atoms. The minimum Gasteiger partial charge on any atom is -0.366 e. The topological polar surface area (TPSA) is 60.9 Å². The monoisotopic (exact) mass is 427 g/mol. The molecule has 2 aliphatic rings. The van der Waals surface area contributed by atoms with E-state index in [1.165, 1.54) is 5.56 Å². The molecule has 6 nitrogen and oxygen atoms in total. The number of anilines is 2. The Morgan fingerprint density at radius 2 is 1.90 bits per heavy atom. The van der Waals surface area contributed by atoms with Gasteiger partial charge in [-0.2, -0.15) is 4.31 Å². The summed E-state index contributed by atoms with van der Waals surface area (Å²) in [6, 6.07) is 13.6. The molecule has 2 aromatic rings. The Morgan fingerprint density at radius 3 is 2.60 bits per heavy atom. The number of amides is 1. The quantitative estimate of drug-likeness (QED) is 0.752. The Bertz CT molecular complexity index is 1070. The van der Waals surface area contributed by atoms with Crippen molar-refractivity contribution in [1.29, 1.82) is 0 Å². The lowest BCUT2D eigenvalue weighted by Gasteiger charge is -2.40. The van der Waals surface area contributed by atoms with E-state index in [1.807, 2.05) is 13.0 Å².